The van der Waals surface area contributed by atoms with Gasteiger partial charge < -0.3 is 9.64 Å². The van der Waals surface area contributed by atoms with Gasteiger partial charge in [0.2, 0.25) is 6.04 Å². The summed E-state index contributed by atoms with van der Waals surface area (Å²) in [6.07, 6.45) is 5.21. The van der Waals surface area contributed by atoms with Gasteiger partial charge in [-0.3, -0.25) is 9.71 Å². The lowest BCUT2D eigenvalue weighted by atomic mass is 10.1. The molecule has 170 valence electrons. The molecular weight excluding hydrogens is 426 g/mol. The van der Waals surface area contributed by atoms with Crippen LogP contribution in [0.3, 0.4) is 0 Å². The lowest BCUT2D eigenvalue weighted by Gasteiger charge is -2.26. The normalized spacial score (nSPS) is 20.2. The van der Waals surface area contributed by atoms with E-state index in [0.29, 0.717) is 24.4 Å². The van der Waals surface area contributed by atoms with Crippen LogP contribution in [0.25, 0.3) is 0 Å². The summed E-state index contributed by atoms with van der Waals surface area (Å²) in [5, 5.41) is 0. The van der Waals surface area contributed by atoms with Crippen LogP contribution in [0.15, 0.2) is 64.5 Å². The monoisotopic (exact) mass is 456 g/mol. The summed E-state index contributed by atoms with van der Waals surface area (Å²) in [6, 6.07) is 16.3. The van der Waals surface area contributed by atoms with Crippen LogP contribution in [0.1, 0.15) is 49.3 Å². The number of rotatable bonds is 7. The number of fused-ring (bicyclic) bond motifs is 1. The Kier molecular flexibility index (Phi) is 7.22. The van der Waals surface area contributed by atoms with Gasteiger partial charge in [0.1, 0.15) is 5.84 Å². The fourth-order valence-corrected chi connectivity index (χ4v) is 5.67. The molecule has 0 aromatic heterocycles. The highest BCUT2D eigenvalue weighted by Gasteiger charge is 2.33. The van der Waals surface area contributed by atoms with E-state index >= 15 is 0 Å². The van der Waals surface area contributed by atoms with Gasteiger partial charge in [-0.1, -0.05) is 42.5 Å². The van der Waals surface area contributed by atoms with E-state index in [1.165, 1.54) is 17.7 Å². The van der Waals surface area contributed by atoms with Crippen molar-refractivity contribution >= 4 is 21.8 Å². The van der Waals surface area contributed by atoms with Crippen molar-refractivity contribution < 1.29 is 22.8 Å². The van der Waals surface area contributed by atoms with Gasteiger partial charge in [-0.05, 0) is 37.8 Å². The number of nitrogens with one attached hydrogen (secondary N) is 2. The third-order valence-electron chi connectivity index (χ3n) is 6.00. The summed E-state index contributed by atoms with van der Waals surface area (Å²) in [6.45, 7) is 2.57. The molecule has 2 aliphatic heterocycles. The number of hydrogen-bond donors (Lipinski definition) is 2. The lowest BCUT2D eigenvalue weighted by molar-refractivity contribution is -0.922. The maximum atomic E-state index is 13.1. The van der Waals surface area contributed by atoms with Crippen LogP contribution in [0.2, 0.25) is 0 Å². The maximum absolute atomic E-state index is 13.1. The number of nitrogens with zero attached hydrogens (tertiary/aromatic N) is 1. The Labute approximate surface area is 189 Å². The number of carbonyl (C=O) groups is 1. The quantitative estimate of drug-likeness (QED) is 0.492. The van der Waals surface area contributed by atoms with E-state index in [4.69, 9.17) is 4.74 Å². The predicted molar refractivity (Wildman–Crippen MR) is 122 cm³/mol. The molecule has 2 heterocycles. The van der Waals surface area contributed by atoms with Gasteiger partial charge in [-0.2, -0.15) is 0 Å². The first kappa shape index (κ1) is 22.5. The maximum Gasteiger partial charge on any atom is 0.369 e. The Hall–Kier alpha value is -2.71. The molecule has 7 nitrogen and oxygen atoms in total. The molecule has 1 atom stereocenters. The van der Waals surface area contributed by atoms with Crippen LogP contribution in [-0.4, -0.2) is 46.5 Å². The molecule has 0 amide bonds. The molecule has 1 saturated heterocycles. The molecule has 2 aliphatic rings. The largest absolute Gasteiger partial charge is 0.461 e. The Morgan fingerprint density at radius 1 is 1.00 bits per heavy atom. The molecule has 1 fully saturated rings. The molecule has 0 bridgehead atoms. The average molecular weight is 457 g/mol. The Balaban J connectivity index is 1.35. The zero-order valence-corrected chi connectivity index (χ0v) is 18.9. The highest BCUT2D eigenvalue weighted by Crippen LogP contribution is 2.22. The zero-order valence-electron chi connectivity index (χ0n) is 18.1. The van der Waals surface area contributed by atoms with Gasteiger partial charge in [-0.25, -0.2) is 13.2 Å². The third-order valence-corrected chi connectivity index (χ3v) is 7.40. The Morgan fingerprint density at radius 3 is 2.44 bits per heavy atom. The summed E-state index contributed by atoms with van der Waals surface area (Å²) in [7, 11) is -3.54. The van der Waals surface area contributed by atoms with Crippen molar-refractivity contribution in [3.8, 4) is 0 Å². The summed E-state index contributed by atoms with van der Waals surface area (Å²) < 4.78 is 32.5. The number of carbonyl (C=O) groups excluding carboxylic acids is 1. The molecule has 2 aromatic carbocycles. The van der Waals surface area contributed by atoms with E-state index in [0.717, 1.165) is 31.5 Å². The fourth-order valence-electron chi connectivity index (χ4n) is 4.42. The third kappa shape index (κ3) is 5.19. The highest BCUT2D eigenvalue weighted by atomic mass is 32.2. The molecule has 0 unspecified atom stereocenters. The van der Waals surface area contributed by atoms with Crippen molar-refractivity contribution in [1.82, 2.24) is 4.72 Å². The lowest BCUT2D eigenvalue weighted by Crippen LogP contribution is -3.13. The molecule has 8 heteroatoms. The van der Waals surface area contributed by atoms with Crippen LogP contribution in [-0.2, 0) is 19.6 Å². The van der Waals surface area contributed by atoms with E-state index in [9.17, 15) is 13.2 Å². The number of benzene rings is 2. The molecule has 2 N–H and O–H groups in total. The number of likely N-dealkylation sites (tertiary alicyclic amines) is 1. The zero-order chi connectivity index (χ0) is 22.4. The minimum atomic E-state index is -3.54. The second kappa shape index (κ2) is 10.3. The van der Waals surface area contributed by atoms with Crippen molar-refractivity contribution in [2.45, 2.75) is 43.0 Å². The van der Waals surface area contributed by atoms with Crippen LogP contribution in [0, 0.1) is 0 Å². The smallest absolute Gasteiger partial charge is 0.369 e. The Bertz CT molecular complexity index is 1060. The van der Waals surface area contributed by atoms with E-state index in [1.54, 1.807) is 24.3 Å². The fraction of sp³-hybridized carbons (Fsp3) is 0.417. The molecule has 32 heavy (non-hydrogen) atoms. The van der Waals surface area contributed by atoms with Crippen LogP contribution in [0.5, 0.6) is 0 Å². The number of hydrogen-bond acceptors (Lipinski definition) is 5. The number of sulfonamides is 1. The van der Waals surface area contributed by atoms with Crippen molar-refractivity contribution in [1.29, 1.82) is 0 Å². The molecule has 0 radical (unpaired) electrons. The van der Waals surface area contributed by atoms with E-state index in [2.05, 4.69) is 9.71 Å². The Morgan fingerprint density at radius 2 is 1.69 bits per heavy atom. The summed E-state index contributed by atoms with van der Waals surface area (Å²) in [4.78, 5) is 19.0. The molecular formula is C24H30N3O4S+. The minimum absolute atomic E-state index is 0.201. The van der Waals surface area contributed by atoms with Crippen LogP contribution in [0.4, 0.5) is 0 Å². The predicted octanol–water partition coefficient (Wildman–Crippen LogP) is 1.86. The van der Waals surface area contributed by atoms with E-state index in [1.807, 2.05) is 30.3 Å². The molecule has 0 spiro atoms. The number of amidine groups is 1. The van der Waals surface area contributed by atoms with Gasteiger partial charge >= 0.3 is 5.97 Å². The van der Waals surface area contributed by atoms with Crippen LogP contribution < -0.4 is 9.62 Å². The van der Waals surface area contributed by atoms with Crippen molar-refractivity contribution in [3.63, 3.8) is 0 Å². The van der Waals surface area contributed by atoms with Gasteiger partial charge in [0.15, 0.2) is 0 Å². The van der Waals surface area contributed by atoms with Crippen LogP contribution >= 0.6 is 0 Å². The summed E-state index contributed by atoms with van der Waals surface area (Å²) in [5.41, 5.74) is 1.57. The second-order valence-corrected chi connectivity index (χ2v) is 9.92. The number of ether oxygens (including phenoxy) is 1. The van der Waals surface area contributed by atoms with Gasteiger partial charge in [0.05, 0.1) is 24.6 Å². The first-order valence-electron chi connectivity index (χ1n) is 11.3. The molecule has 0 saturated carbocycles. The first-order chi connectivity index (χ1) is 15.6. The molecule has 0 aliphatic carbocycles. The summed E-state index contributed by atoms with van der Waals surface area (Å²) >= 11 is 0. The molecule has 4 rings (SSSR count). The van der Waals surface area contributed by atoms with Gasteiger partial charge in [-0.15, -0.1) is 0 Å². The number of aliphatic imine (C=N–C) groups is 1. The number of quaternary nitrogens is 1. The van der Waals surface area contributed by atoms with Crippen molar-refractivity contribution in [2.75, 3.05) is 26.2 Å². The summed E-state index contributed by atoms with van der Waals surface area (Å²) in [5.74, 6) is 0.149. The highest BCUT2D eigenvalue weighted by molar-refractivity contribution is 7.90. The van der Waals surface area contributed by atoms with Crippen molar-refractivity contribution in [2.24, 2.45) is 4.99 Å². The minimum Gasteiger partial charge on any atom is -0.461 e. The number of esters is 1. The first-order valence-corrected chi connectivity index (χ1v) is 12.8. The topological polar surface area (TPSA) is 89.3 Å². The molecule has 2 aromatic rings. The average Bonchev–Trinajstić information content (AvgIpc) is 2.94. The standard InChI is InChI=1S/C24H29N3O4S/c28-24(22(19-11-4-3-5-12-19)27-16-8-1-2-9-17-27)31-18-10-15-25-23-20-13-6-7-14-21(20)32(29,30)26-23/h3-7,11-14,22H,1-2,8-10,15-18H2,(H,25,26)/p+1/t22-/m0/s1. The second-order valence-electron chi connectivity index (χ2n) is 8.27. The van der Waals surface area contributed by atoms with Crippen molar-refractivity contribution in [3.05, 3.63) is 65.7 Å². The van der Waals surface area contributed by atoms with E-state index < -0.39 is 10.0 Å². The van der Waals surface area contributed by atoms with Gasteiger partial charge in [0.25, 0.3) is 10.0 Å². The van der Waals surface area contributed by atoms with E-state index in [-0.39, 0.29) is 23.5 Å². The SMILES string of the molecule is O=C(OCCCN=C1NS(=O)(=O)c2ccccc21)[C@H](c1ccccc1)[NH+]1CCCCCC1. The van der Waals surface area contributed by atoms with Gasteiger partial charge in [0, 0.05) is 24.1 Å².